The van der Waals surface area contributed by atoms with E-state index < -0.39 is 11.9 Å². The lowest BCUT2D eigenvalue weighted by Crippen LogP contribution is -2.06. The molecule has 3 aromatic rings. The molecule has 0 saturated heterocycles. The van der Waals surface area contributed by atoms with Crippen LogP contribution in [0.5, 0.6) is 0 Å². The fourth-order valence-electron chi connectivity index (χ4n) is 2.36. The van der Waals surface area contributed by atoms with Crippen LogP contribution in [0.25, 0.3) is 16.6 Å². The van der Waals surface area contributed by atoms with Crippen LogP contribution in [0.3, 0.4) is 0 Å². The molecular formula is C15H11ClN2O4. The molecule has 1 aromatic carbocycles. The molecule has 2 aromatic heterocycles. The van der Waals surface area contributed by atoms with E-state index in [0.29, 0.717) is 22.1 Å². The number of aromatic nitrogens is 2. The molecule has 0 saturated carbocycles. The Labute approximate surface area is 129 Å². The van der Waals surface area contributed by atoms with E-state index in [-0.39, 0.29) is 17.3 Å². The lowest BCUT2D eigenvalue weighted by atomic mass is 10.1. The molecule has 1 N–H and O–H groups in total. The minimum Gasteiger partial charge on any atom is -0.478 e. The van der Waals surface area contributed by atoms with E-state index in [4.69, 9.17) is 16.3 Å². The van der Waals surface area contributed by atoms with Gasteiger partial charge in [-0.3, -0.25) is 4.79 Å². The van der Waals surface area contributed by atoms with Crippen LogP contribution in [0.4, 0.5) is 0 Å². The van der Waals surface area contributed by atoms with Crippen molar-refractivity contribution in [2.45, 2.75) is 13.5 Å². The van der Waals surface area contributed by atoms with E-state index in [9.17, 15) is 14.7 Å². The van der Waals surface area contributed by atoms with Gasteiger partial charge in [0.1, 0.15) is 6.61 Å². The van der Waals surface area contributed by atoms with Crippen molar-refractivity contribution in [3.63, 3.8) is 0 Å². The monoisotopic (exact) mass is 318 g/mol. The Kier molecular flexibility index (Phi) is 3.46. The van der Waals surface area contributed by atoms with E-state index >= 15 is 0 Å². The van der Waals surface area contributed by atoms with Crippen molar-refractivity contribution in [1.82, 2.24) is 9.38 Å². The summed E-state index contributed by atoms with van der Waals surface area (Å²) in [5.41, 5.74) is 2.40. The lowest BCUT2D eigenvalue weighted by molar-refractivity contribution is -0.142. The molecule has 0 aliphatic rings. The largest absolute Gasteiger partial charge is 0.478 e. The molecule has 2 heterocycles. The molecular weight excluding hydrogens is 308 g/mol. The van der Waals surface area contributed by atoms with Gasteiger partial charge in [-0.1, -0.05) is 11.6 Å². The van der Waals surface area contributed by atoms with Crippen LogP contribution < -0.4 is 0 Å². The number of esters is 1. The zero-order valence-corrected chi connectivity index (χ0v) is 12.3. The normalized spacial score (nSPS) is 11.0. The van der Waals surface area contributed by atoms with Gasteiger partial charge in [-0.15, -0.1) is 0 Å². The average molecular weight is 319 g/mol. The van der Waals surface area contributed by atoms with Gasteiger partial charge in [-0.25, -0.2) is 9.78 Å². The van der Waals surface area contributed by atoms with Gasteiger partial charge in [0, 0.05) is 18.7 Å². The molecule has 0 unspecified atom stereocenters. The summed E-state index contributed by atoms with van der Waals surface area (Å²) in [4.78, 5) is 26.6. The van der Waals surface area contributed by atoms with Gasteiger partial charge in [-0.05, 0) is 24.3 Å². The molecule has 0 atom stereocenters. The van der Waals surface area contributed by atoms with Crippen molar-refractivity contribution >= 4 is 40.1 Å². The zero-order valence-electron chi connectivity index (χ0n) is 11.5. The maximum Gasteiger partial charge on any atom is 0.335 e. The summed E-state index contributed by atoms with van der Waals surface area (Å²) < 4.78 is 6.82. The minimum atomic E-state index is -1.09. The van der Waals surface area contributed by atoms with Crippen molar-refractivity contribution in [3.8, 4) is 0 Å². The van der Waals surface area contributed by atoms with Gasteiger partial charge < -0.3 is 14.2 Å². The number of carboxylic acid groups (broad SMARTS) is 1. The Morgan fingerprint density at radius 2 is 2.18 bits per heavy atom. The first-order chi connectivity index (χ1) is 10.5. The highest BCUT2D eigenvalue weighted by Gasteiger charge is 2.15. The summed E-state index contributed by atoms with van der Waals surface area (Å²) in [7, 11) is 0. The Morgan fingerprint density at radius 3 is 2.86 bits per heavy atom. The quantitative estimate of drug-likeness (QED) is 0.751. The summed E-state index contributed by atoms with van der Waals surface area (Å²) in [6, 6.07) is 6.53. The lowest BCUT2D eigenvalue weighted by Gasteiger charge is -2.11. The van der Waals surface area contributed by atoms with Crippen molar-refractivity contribution in [1.29, 1.82) is 0 Å². The highest BCUT2D eigenvalue weighted by atomic mass is 35.5. The second kappa shape index (κ2) is 5.31. The maximum atomic E-state index is 11.3. The molecule has 6 nitrogen and oxygen atoms in total. The number of halogens is 1. The van der Waals surface area contributed by atoms with E-state index in [2.05, 4.69) is 4.98 Å². The fourth-order valence-corrected chi connectivity index (χ4v) is 2.61. The predicted molar refractivity (Wildman–Crippen MR) is 80.1 cm³/mol. The molecule has 3 rings (SSSR count). The van der Waals surface area contributed by atoms with Crippen molar-refractivity contribution in [2.24, 2.45) is 0 Å². The molecule has 0 radical (unpaired) electrons. The number of hydrogen-bond donors (Lipinski definition) is 1. The van der Waals surface area contributed by atoms with E-state index in [1.165, 1.54) is 19.1 Å². The number of carbonyl (C=O) groups excluding carboxylic acids is 1. The van der Waals surface area contributed by atoms with Crippen LogP contribution in [0, 0.1) is 0 Å². The molecule has 112 valence electrons. The number of ether oxygens (including phenoxy) is 1. The van der Waals surface area contributed by atoms with Crippen molar-refractivity contribution in [2.75, 3.05) is 0 Å². The molecule has 22 heavy (non-hydrogen) atoms. The summed E-state index contributed by atoms with van der Waals surface area (Å²) in [5, 5.41) is 9.49. The maximum absolute atomic E-state index is 11.3. The minimum absolute atomic E-state index is 0.0381. The number of aromatic carboxylic acids is 1. The standard InChI is InChI=1S/C15H11ClN2O4/c1-8(19)22-7-10-5-9(15(20)21)6-11-13(10)18-4-2-3-12(18)14(16)17-11/h2-6H,7H2,1H3,(H,20,21). The van der Waals surface area contributed by atoms with E-state index in [1.54, 1.807) is 16.7 Å². The second-order valence-electron chi connectivity index (χ2n) is 4.75. The Bertz CT molecular complexity index is 917. The van der Waals surface area contributed by atoms with Crippen molar-refractivity contribution in [3.05, 3.63) is 46.7 Å². The first-order valence-electron chi connectivity index (χ1n) is 6.43. The van der Waals surface area contributed by atoms with Gasteiger partial charge in [0.05, 0.1) is 22.1 Å². The van der Waals surface area contributed by atoms with E-state index in [0.717, 1.165) is 0 Å². The van der Waals surface area contributed by atoms with Crippen LogP contribution in [-0.4, -0.2) is 26.4 Å². The molecule has 0 aliphatic heterocycles. The van der Waals surface area contributed by atoms with Gasteiger partial charge in [0.15, 0.2) is 5.15 Å². The van der Waals surface area contributed by atoms with Gasteiger partial charge >= 0.3 is 11.9 Å². The van der Waals surface area contributed by atoms with Crippen molar-refractivity contribution < 1.29 is 19.4 Å². The van der Waals surface area contributed by atoms with Crippen LogP contribution in [0.1, 0.15) is 22.8 Å². The third-order valence-electron chi connectivity index (χ3n) is 3.27. The zero-order chi connectivity index (χ0) is 15.9. The Hall–Kier alpha value is -2.60. The Morgan fingerprint density at radius 1 is 1.41 bits per heavy atom. The number of rotatable bonds is 3. The highest BCUT2D eigenvalue weighted by molar-refractivity contribution is 6.33. The van der Waals surface area contributed by atoms with Crippen LogP contribution in [0.15, 0.2) is 30.5 Å². The SMILES string of the molecule is CC(=O)OCc1cc(C(=O)O)cc2nc(Cl)c3cccn3c12. The molecule has 7 heteroatoms. The molecule has 0 aliphatic carbocycles. The average Bonchev–Trinajstić information content (AvgIpc) is 2.94. The summed E-state index contributed by atoms with van der Waals surface area (Å²) in [5.74, 6) is -1.53. The van der Waals surface area contributed by atoms with Crippen LogP contribution in [0.2, 0.25) is 5.15 Å². The summed E-state index contributed by atoms with van der Waals surface area (Å²) in [6.07, 6.45) is 1.79. The van der Waals surface area contributed by atoms with E-state index in [1.807, 2.05) is 6.07 Å². The van der Waals surface area contributed by atoms with Crippen LogP contribution in [-0.2, 0) is 16.1 Å². The third kappa shape index (κ3) is 2.37. The number of nitrogens with zero attached hydrogens (tertiary/aromatic N) is 2. The molecule has 0 amide bonds. The van der Waals surface area contributed by atoms with Crippen LogP contribution >= 0.6 is 11.6 Å². The first-order valence-corrected chi connectivity index (χ1v) is 6.81. The smallest absolute Gasteiger partial charge is 0.335 e. The topological polar surface area (TPSA) is 80.9 Å². The number of hydrogen-bond acceptors (Lipinski definition) is 4. The second-order valence-corrected chi connectivity index (χ2v) is 5.11. The number of carboxylic acids is 1. The van der Waals surface area contributed by atoms with Gasteiger partial charge in [0.2, 0.25) is 0 Å². The summed E-state index contributed by atoms with van der Waals surface area (Å²) in [6.45, 7) is 1.26. The Balaban J connectivity index is 2.34. The van der Waals surface area contributed by atoms with Gasteiger partial charge in [0.25, 0.3) is 0 Å². The highest BCUT2D eigenvalue weighted by Crippen LogP contribution is 2.26. The number of fused-ring (bicyclic) bond motifs is 3. The summed E-state index contributed by atoms with van der Waals surface area (Å²) >= 11 is 6.12. The number of benzene rings is 1. The molecule has 0 bridgehead atoms. The number of carbonyl (C=O) groups is 2. The fraction of sp³-hybridized carbons (Fsp3) is 0.133. The predicted octanol–water partition coefficient (Wildman–Crippen LogP) is 2.90. The molecule has 0 spiro atoms. The molecule has 0 fully saturated rings. The third-order valence-corrected chi connectivity index (χ3v) is 3.54. The van der Waals surface area contributed by atoms with Gasteiger partial charge in [-0.2, -0.15) is 0 Å². The first kappa shape index (κ1) is 14.3.